The van der Waals surface area contributed by atoms with Gasteiger partial charge >= 0.3 is 5.97 Å². The smallest absolute Gasteiger partial charge is 0.326 e. The molecule has 0 atom stereocenters. The largest absolute Gasteiger partial charge is 0.482 e. The number of benzene rings is 1. The number of ether oxygens (including phenoxy) is 2. The number of carbonyl (C=O) groups is 2. The van der Waals surface area contributed by atoms with E-state index in [9.17, 15) is 9.59 Å². The number of thiazole rings is 1. The van der Waals surface area contributed by atoms with Gasteiger partial charge in [-0.2, -0.15) is 0 Å². The third-order valence-corrected chi connectivity index (χ3v) is 3.97. The number of esters is 1. The van der Waals surface area contributed by atoms with Crippen molar-refractivity contribution in [2.24, 2.45) is 0 Å². The average Bonchev–Trinajstić information content (AvgIpc) is 3.09. The van der Waals surface area contributed by atoms with Crippen molar-refractivity contribution in [3.8, 4) is 17.0 Å². The van der Waals surface area contributed by atoms with Gasteiger partial charge in [-0.3, -0.25) is 14.5 Å². The predicted molar refractivity (Wildman–Crippen MR) is 86.6 cm³/mol. The number of hydrogen-bond donors (Lipinski definition) is 0. The molecular formula is C16H16N2O4S. The molecule has 2 aromatic rings. The Kier molecular flexibility index (Phi) is 4.57. The molecule has 7 heteroatoms. The molecule has 1 aliphatic rings. The van der Waals surface area contributed by atoms with Gasteiger partial charge in [0.15, 0.2) is 6.61 Å². The molecule has 1 amide bonds. The Hall–Kier alpha value is -2.41. The minimum atomic E-state index is -0.424. The first-order chi connectivity index (χ1) is 11.2. The first-order valence-electron chi connectivity index (χ1n) is 7.30. The van der Waals surface area contributed by atoms with Crippen LogP contribution in [-0.4, -0.2) is 36.6 Å². The lowest BCUT2D eigenvalue weighted by Gasteiger charge is -2.29. The second kappa shape index (κ2) is 6.78. The molecule has 0 radical (unpaired) electrons. The Labute approximate surface area is 137 Å². The number of rotatable bonds is 5. The van der Waals surface area contributed by atoms with E-state index in [-0.39, 0.29) is 19.1 Å². The molecule has 2 heterocycles. The molecule has 1 aromatic heterocycles. The van der Waals surface area contributed by atoms with Gasteiger partial charge < -0.3 is 9.47 Å². The summed E-state index contributed by atoms with van der Waals surface area (Å²) in [5, 5.41) is 1.92. The van der Waals surface area contributed by atoms with Gasteiger partial charge in [-0.1, -0.05) is 6.92 Å². The SMILES string of the molecule is CCCOC(=O)CN1C(=O)COc2ccc(-c3cscn3)cc21. The lowest BCUT2D eigenvalue weighted by atomic mass is 10.1. The highest BCUT2D eigenvalue weighted by atomic mass is 32.1. The molecule has 23 heavy (non-hydrogen) atoms. The van der Waals surface area contributed by atoms with Crippen LogP contribution in [0.4, 0.5) is 5.69 Å². The van der Waals surface area contributed by atoms with Crippen LogP contribution in [0.5, 0.6) is 5.75 Å². The summed E-state index contributed by atoms with van der Waals surface area (Å²) < 4.78 is 10.5. The third kappa shape index (κ3) is 3.34. The zero-order valence-corrected chi connectivity index (χ0v) is 13.5. The molecule has 0 aliphatic carbocycles. The molecule has 0 saturated heterocycles. The van der Waals surface area contributed by atoms with E-state index in [0.29, 0.717) is 18.0 Å². The van der Waals surface area contributed by atoms with Crippen LogP contribution < -0.4 is 9.64 Å². The minimum Gasteiger partial charge on any atom is -0.482 e. The summed E-state index contributed by atoms with van der Waals surface area (Å²) in [4.78, 5) is 29.7. The normalized spacial score (nSPS) is 13.4. The van der Waals surface area contributed by atoms with Crippen molar-refractivity contribution in [1.29, 1.82) is 0 Å². The molecule has 0 unspecified atom stereocenters. The standard InChI is InChI=1S/C16H16N2O4S/c1-2-5-21-16(20)7-18-13-6-11(12-9-23-10-17-12)3-4-14(13)22-8-15(18)19/h3-4,6,9-10H,2,5,7-8H2,1H3. The van der Waals surface area contributed by atoms with E-state index < -0.39 is 5.97 Å². The number of nitrogens with zero attached hydrogens (tertiary/aromatic N) is 2. The average molecular weight is 332 g/mol. The summed E-state index contributed by atoms with van der Waals surface area (Å²) >= 11 is 1.50. The summed E-state index contributed by atoms with van der Waals surface area (Å²) in [5.74, 6) is -0.111. The zero-order valence-electron chi connectivity index (χ0n) is 12.7. The van der Waals surface area contributed by atoms with Gasteiger partial charge in [0, 0.05) is 10.9 Å². The molecule has 1 aromatic carbocycles. The van der Waals surface area contributed by atoms with Crippen LogP contribution in [0.25, 0.3) is 11.3 Å². The van der Waals surface area contributed by atoms with E-state index in [2.05, 4.69) is 4.98 Å². The number of anilines is 1. The Bertz CT molecular complexity index is 715. The minimum absolute atomic E-state index is 0.0793. The van der Waals surface area contributed by atoms with Crippen LogP contribution in [0, 0.1) is 0 Å². The lowest BCUT2D eigenvalue weighted by Crippen LogP contribution is -2.42. The van der Waals surface area contributed by atoms with E-state index in [0.717, 1.165) is 17.7 Å². The number of carbonyl (C=O) groups excluding carboxylic acids is 2. The molecule has 0 fully saturated rings. The highest BCUT2D eigenvalue weighted by Gasteiger charge is 2.28. The second-order valence-corrected chi connectivity index (χ2v) is 5.76. The highest BCUT2D eigenvalue weighted by molar-refractivity contribution is 7.07. The first-order valence-corrected chi connectivity index (χ1v) is 8.24. The van der Waals surface area contributed by atoms with E-state index in [4.69, 9.17) is 9.47 Å². The van der Waals surface area contributed by atoms with Crippen LogP contribution in [0.3, 0.4) is 0 Å². The maximum atomic E-state index is 12.1. The van der Waals surface area contributed by atoms with Crippen LogP contribution >= 0.6 is 11.3 Å². The molecule has 3 rings (SSSR count). The first kappa shape index (κ1) is 15.5. The van der Waals surface area contributed by atoms with Crippen molar-refractivity contribution >= 4 is 28.9 Å². The topological polar surface area (TPSA) is 68.7 Å². The van der Waals surface area contributed by atoms with Crippen molar-refractivity contribution < 1.29 is 19.1 Å². The maximum Gasteiger partial charge on any atom is 0.326 e. The van der Waals surface area contributed by atoms with Gasteiger partial charge in [-0.15, -0.1) is 11.3 Å². The van der Waals surface area contributed by atoms with Crippen LogP contribution in [0.1, 0.15) is 13.3 Å². The van der Waals surface area contributed by atoms with Crippen molar-refractivity contribution in [1.82, 2.24) is 4.98 Å². The predicted octanol–water partition coefficient (Wildman–Crippen LogP) is 2.49. The highest BCUT2D eigenvalue weighted by Crippen LogP contribution is 2.35. The Morgan fingerprint density at radius 3 is 3.09 bits per heavy atom. The summed E-state index contributed by atoms with van der Waals surface area (Å²) in [5.41, 5.74) is 4.01. The summed E-state index contributed by atoms with van der Waals surface area (Å²) in [7, 11) is 0. The second-order valence-electron chi connectivity index (χ2n) is 5.05. The number of hydrogen-bond acceptors (Lipinski definition) is 6. The lowest BCUT2D eigenvalue weighted by molar-refractivity contribution is -0.143. The van der Waals surface area contributed by atoms with Crippen LogP contribution in [0.15, 0.2) is 29.1 Å². The van der Waals surface area contributed by atoms with Crippen molar-refractivity contribution in [3.05, 3.63) is 29.1 Å². The van der Waals surface area contributed by atoms with Gasteiger partial charge in [0.25, 0.3) is 5.91 Å². The van der Waals surface area contributed by atoms with Gasteiger partial charge in [-0.05, 0) is 24.6 Å². The Balaban J connectivity index is 1.88. The monoisotopic (exact) mass is 332 g/mol. The van der Waals surface area contributed by atoms with E-state index in [1.54, 1.807) is 11.6 Å². The molecule has 6 nitrogen and oxygen atoms in total. The number of amides is 1. The Morgan fingerprint density at radius 1 is 1.48 bits per heavy atom. The number of aromatic nitrogens is 1. The summed E-state index contributed by atoms with van der Waals surface area (Å²) in [6.07, 6.45) is 0.743. The van der Waals surface area contributed by atoms with Crippen molar-refractivity contribution in [2.45, 2.75) is 13.3 Å². The van der Waals surface area contributed by atoms with E-state index in [1.807, 2.05) is 24.4 Å². The Morgan fingerprint density at radius 2 is 2.35 bits per heavy atom. The molecule has 0 N–H and O–H groups in total. The van der Waals surface area contributed by atoms with Gasteiger partial charge in [0.1, 0.15) is 12.3 Å². The fraction of sp³-hybridized carbons (Fsp3) is 0.312. The van der Waals surface area contributed by atoms with Crippen LogP contribution in [0.2, 0.25) is 0 Å². The zero-order chi connectivity index (χ0) is 16.2. The molecular weight excluding hydrogens is 316 g/mol. The molecule has 0 spiro atoms. The van der Waals surface area contributed by atoms with Crippen LogP contribution in [-0.2, 0) is 14.3 Å². The van der Waals surface area contributed by atoms with Crippen molar-refractivity contribution in [2.75, 3.05) is 24.7 Å². The molecule has 1 aliphatic heterocycles. The molecule has 0 saturated carbocycles. The van der Waals surface area contributed by atoms with Gasteiger partial charge in [-0.25, -0.2) is 4.98 Å². The molecule has 0 bridgehead atoms. The van der Waals surface area contributed by atoms with E-state index >= 15 is 0 Å². The summed E-state index contributed by atoms with van der Waals surface area (Å²) in [6, 6.07) is 5.49. The van der Waals surface area contributed by atoms with Gasteiger partial charge in [0.2, 0.25) is 0 Å². The quantitative estimate of drug-likeness (QED) is 0.787. The maximum absolute atomic E-state index is 12.1. The fourth-order valence-electron chi connectivity index (χ4n) is 2.28. The molecule has 120 valence electrons. The van der Waals surface area contributed by atoms with Crippen molar-refractivity contribution in [3.63, 3.8) is 0 Å². The van der Waals surface area contributed by atoms with E-state index in [1.165, 1.54) is 16.2 Å². The fourth-order valence-corrected chi connectivity index (χ4v) is 2.84. The van der Waals surface area contributed by atoms with Gasteiger partial charge in [0.05, 0.1) is 23.5 Å². The third-order valence-electron chi connectivity index (χ3n) is 3.38. The number of fused-ring (bicyclic) bond motifs is 1. The summed E-state index contributed by atoms with van der Waals surface area (Å²) in [6.45, 7) is 2.07.